The Balaban J connectivity index is 2.43. The largest absolute Gasteiger partial charge is 0.462 e. The molecule has 0 radical (unpaired) electrons. The molecule has 0 aliphatic heterocycles. The summed E-state index contributed by atoms with van der Waals surface area (Å²) in [5.74, 6) is -0.803. The van der Waals surface area contributed by atoms with E-state index in [-0.39, 0.29) is 12.6 Å². The summed E-state index contributed by atoms with van der Waals surface area (Å²) in [7, 11) is 0. The van der Waals surface area contributed by atoms with Crippen LogP contribution in [0.3, 0.4) is 0 Å². The van der Waals surface area contributed by atoms with Gasteiger partial charge in [-0.3, -0.25) is 4.79 Å². The molecule has 4 heteroatoms. The van der Waals surface area contributed by atoms with E-state index in [1.54, 1.807) is 31.2 Å². The van der Waals surface area contributed by atoms with Crippen LogP contribution >= 0.6 is 0 Å². The highest BCUT2D eigenvalue weighted by molar-refractivity contribution is 5.89. The molecule has 16 heavy (non-hydrogen) atoms. The third kappa shape index (κ3) is 4.13. The first kappa shape index (κ1) is 12.2. The normalized spacial score (nSPS) is 11.6. The highest BCUT2D eigenvalue weighted by Gasteiger charge is 2.12. The fourth-order valence-corrected chi connectivity index (χ4v) is 1.09. The van der Waals surface area contributed by atoms with Gasteiger partial charge < -0.3 is 9.47 Å². The maximum atomic E-state index is 11.5. The van der Waals surface area contributed by atoms with Crippen LogP contribution in [0, 0.1) is 0 Å². The SMILES string of the molecule is CC(=O)OCC(C)OC(=O)c1ccccc1. The van der Waals surface area contributed by atoms with Crippen LogP contribution in [0.5, 0.6) is 0 Å². The smallest absolute Gasteiger partial charge is 0.338 e. The van der Waals surface area contributed by atoms with Crippen molar-refractivity contribution < 1.29 is 19.1 Å². The molecule has 0 heterocycles. The van der Waals surface area contributed by atoms with Crippen LogP contribution in [0.25, 0.3) is 0 Å². The Labute approximate surface area is 94.2 Å². The molecule has 1 atom stereocenters. The lowest BCUT2D eigenvalue weighted by Gasteiger charge is -2.12. The first-order chi connectivity index (χ1) is 7.59. The van der Waals surface area contributed by atoms with Crippen molar-refractivity contribution in [3.05, 3.63) is 35.9 Å². The summed E-state index contributed by atoms with van der Waals surface area (Å²) in [5, 5.41) is 0. The van der Waals surface area contributed by atoms with Crippen molar-refractivity contribution in [2.75, 3.05) is 6.61 Å². The molecular weight excluding hydrogens is 208 g/mol. The molecule has 0 saturated carbocycles. The molecule has 1 aromatic rings. The number of ether oxygens (including phenoxy) is 2. The zero-order valence-corrected chi connectivity index (χ0v) is 9.30. The lowest BCUT2D eigenvalue weighted by Crippen LogP contribution is -2.21. The molecule has 0 N–H and O–H groups in total. The molecule has 0 bridgehead atoms. The van der Waals surface area contributed by atoms with Gasteiger partial charge in [-0.25, -0.2) is 4.79 Å². The minimum absolute atomic E-state index is 0.0773. The molecule has 86 valence electrons. The molecule has 4 nitrogen and oxygen atoms in total. The Morgan fingerprint density at radius 3 is 2.44 bits per heavy atom. The topological polar surface area (TPSA) is 52.6 Å². The minimum Gasteiger partial charge on any atom is -0.462 e. The van der Waals surface area contributed by atoms with Crippen molar-refractivity contribution in [1.82, 2.24) is 0 Å². The average molecular weight is 222 g/mol. The Bertz CT molecular complexity index is 359. The predicted molar refractivity (Wildman–Crippen MR) is 58.0 cm³/mol. The van der Waals surface area contributed by atoms with E-state index < -0.39 is 12.1 Å². The molecule has 0 saturated heterocycles. The van der Waals surface area contributed by atoms with E-state index in [2.05, 4.69) is 0 Å². The molecule has 1 aromatic carbocycles. The Kier molecular flexibility index (Phi) is 4.51. The molecule has 0 fully saturated rings. The minimum atomic E-state index is -0.448. The zero-order chi connectivity index (χ0) is 12.0. The van der Waals surface area contributed by atoms with Crippen LogP contribution in [0.2, 0.25) is 0 Å². The third-order valence-electron chi connectivity index (χ3n) is 1.84. The van der Waals surface area contributed by atoms with Gasteiger partial charge in [0.25, 0.3) is 0 Å². The number of hydrogen-bond donors (Lipinski definition) is 0. The molecular formula is C12H14O4. The van der Waals surface area contributed by atoms with Gasteiger partial charge in [0.05, 0.1) is 5.56 Å². The van der Waals surface area contributed by atoms with E-state index in [9.17, 15) is 9.59 Å². The Hall–Kier alpha value is -1.84. The molecule has 0 aliphatic rings. The predicted octanol–water partition coefficient (Wildman–Crippen LogP) is 1.79. The fourth-order valence-electron chi connectivity index (χ4n) is 1.09. The Morgan fingerprint density at radius 2 is 1.88 bits per heavy atom. The molecule has 0 spiro atoms. The first-order valence-corrected chi connectivity index (χ1v) is 4.99. The van der Waals surface area contributed by atoms with E-state index in [0.29, 0.717) is 5.56 Å². The molecule has 0 amide bonds. The second-order valence-electron chi connectivity index (χ2n) is 3.38. The number of rotatable bonds is 4. The van der Waals surface area contributed by atoms with Gasteiger partial charge in [-0.2, -0.15) is 0 Å². The van der Waals surface area contributed by atoms with Gasteiger partial charge in [-0.05, 0) is 19.1 Å². The van der Waals surface area contributed by atoms with Gasteiger partial charge in [0, 0.05) is 6.92 Å². The van der Waals surface area contributed by atoms with Crippen molar-refractivity contribution in [1.29, 1.82) is 0 Å². The van der Waals surface area contributed by atoms with Gasteiger partial charge in [-0.1, -0.05) is 18.2 Å². The van der Waals surface area contributed by atoms with Crippen LogP contribution in [0.15, 0.2) is 30.3 Å². The highest BCUT2D eigenvalue weighted by Crippen LogP contribution is 2.04. The van der Waals surface area contributed by atoms with Crippen LogP contribution in [0.4, 0.5) is 0 Å². The van der Waals surface area contributed by atoms with E-state index >= 15 is 0 Å². The summed E-state index contributed by atoms with van der Waals surface area (Å²) in [4.78, 5) is 22.1. The summed E-state index contributed by atoms with van der Waals surface area (Å²) in [5.41, 5.74) is 0.483. The number of carbonyl (C=O) groups excluding carboxylic acids is 2. The molecule has 0 aromatic heterocycles. The third-order valence-corrected chi connectivity index (χ3v) is 1.84. The summed E-state index contributed by atoms with van der Waals surface area (Å²) >= 11 is 0. The summed E-state index contributed by atoms with van der Waals surface area (Å²) in [6, 6.07) is 8.67. The van der Waals surface area contributed by atoms with Crippen LogP contribution in [0.1, 0.15) is 24.2 Å². The van der Waals surface area contributed by atoms with Gasteiger partial charge in [0.1, 0.15) is 12.7 Å². The summed E-state index contributed by atoms with van der Waals surface area (Å²) in [6.45, 7) is 3.06. The maximum Gasteiger partial charge on any atom is 0.338 e. The monoisotopic (exact) mass is 222 g/mol. The zero-order valence-electron chi connectivity index (χ0n) is 9.30. The van der Waals surface area contributed by atoms with Crippen molar-refractivity contribution in [2.45, 2.75) is 20.0 Å². The van der Waals surface area contributed by atoms with Gasteiger partial charge in [0.2, 0.25) is 0 Å². The second-order valence-corrected chi connectivity index (χ2v) is 3.38. The maximum absolute atomic E-state index is 11.5. The second kappa shape index (κ2) is 5.90. The van der Waals surface area contributed by atoms with E-state index in [1.807, 2.05) is 6.07 Å². The molecule has 0 aliphatic carbocycles. The van der Waals surface area contributed by atoms with E-state index in [1.165, 1.54) is 6.92 Å². The average Bonchev–Trinajstić information content (AvgIpc) is 2.27. The van der Waals surface area contributed by atoms with Crippen LogP contribution in [-0.2, 0) is 14.3 Å². The van der Waals surface area contributed by atoms with E-state index in [0.717, 1.165) is 0 Å². The molecule has 1 rings (SSSR count). The van der Waals surface area contributed by atoms with Gasteiger partial charge in [-0.15, -0.1) is 0 Å². The lowest BCUT2D eigenvalue weighted by atomic mass is 10.2. The number of hydrogen-bond acceptors (Lipinski definition) is 4. The van der Waals surface area contributed by atoms with E-state index in [4.69, 9.17) is 9.47 Å². The number of carbonyl (C=O) groups is 2. The Morgan fingerprint density at radius 1 is 1.25 bits per heavy atom. The summed E-state index contributed by atoms with van der Waals surface area (Å²) in [6.07, 6.45) is -0.448. The highest BCUT2D eigenvalue weighted by atomic mass is 16.6. The lowest BCUT2D eigenvalue weighted by molar-refractivity contribution is -0.143. The number of esters is 2. The van der Waals surface area contributed by atoms with Crippen molar-refractivity contribution in [3.63, 3.8) is 0 Å². The summed E-state index contributed by atoms with van der Waals surface area (Å²) < 4.78 is 9.79. The van der Waals surface area contributed by atoms with Crippen molar-refractivity contribution >= 4 is 11.9 Å². The van der Waals surface area contributed by atoms with Crippen molar-refractivity contribution in [3.8, 4) is 0 Å². The van der Waals surface area contributed by atoms with Gasteiger partial charge >= 0.3 is 11.9 Å². The quantitative estimate of drug-likeness (QED) is 0.729. The first-order valence-electron chi connectivity index (χ1n) is 4.99. The standard InChI is InChI=1S/C12H14O4/c1-9(8-15-10(2)13)16-12(14)11-6-4-3-5-7-11/h3-7,9H,8H2,1-2H3. The van der Waals surface area contributed by atoms with Crippen LogP contribution in [-0.4, -0.2) is 24.6 Å². The molecule has 1 unspecified atom stereocenters. The fraction of sp³-hybridized carbons (Fsp3) is 0.333. The van der Waals surface area contributed by atoms with Crippen LogP contribution < -0.4 is 0 Å². The van der Waals surface area contributed by atoms with Crippen molar-refractivity contribution in [2.24, 2.45) is 0 Å². The number of benzene rings is 1. The van der Waals surface area contributed by atoms with Gasteiger partial charge in [0.15, 0.2) is 0 Å².